The number of benzene rings is 1. The van der Waals surface area contributed by atoms with Gasteiger partial charge in [0.05, 0.1) is 11.0 Å². The molecule has 1 N–H and O–H groups in total. The van der Waals surface area contributed by atoms with Crippen molar-refractivity contribution in [3.05, 3.63) is 34.7 Å². The SMILES string of the molecule is CCn1c(=O)n(CCC(=O)NCCN2CC(C)CC(C)C2)c2ccccc21. The number of carbonyl (C=O) groups excluding carboxylic acids is 1. The third kappa shape index (κ3) is 4.61. The summed E-state index contributed by atoms with van der Waals surface area (Å²) in [6.07, 6.45) is 1.62. The van der Waals surface area contributed by atoms with Gasteiger partial charge in [-0.25, -0.2) is 4.79 Å². The molecule has 6 nitrogen and oxygen atoms in total. The van der Waals surface area contributed by atoms with E-state index >= 15 is 0 Å². The van der Waals surface area contributed by atoms with Crippen molar-refractivity contribution in [3.63, 3.8) is 0 Å². The van der Waals surface area contributed by atoms with E-state index in [1.165, 1.54) is 6.42 Å². The number of imidazole rings is 1. The van der Waals surface area contributed by atoms with Crippen LogP contribution in [0.1, 0.15) is 33.6 Å². The third-order valence-electron chi connectivity index (χ3n) is 5.50. The van der Waals surface area contributed by atoms with E-state index in [1.807, 2.05) is 31.2 Å². The summed E-state index contributed by atoms with van der Waals surface area (Å²) in [4.78, 5) is 27.3. The second-order valence-corrected chi connectivity index (χ2v) is 7.97. The molecule has 1 aliphatic rings. The number of aromatic nitrogens is 2. The lowest BCUT2D eigenvalue weighted by Crippen LogP contribution is -2.43. The molecule has 0 radical (unpaired) electrons. The molecule has 0 saturated carbocycles. The molecule has 0 aliphatic carbocycles. The maximum absolute atomic E-state index is 12.6. The van der Waals surface area contributed by atoms with Gasteiger partial charge in [0.15, 0.2) is 0 Å². The highest BCUT2D eigenvalue weighted by Crippen LogP contribution is 2.20. The van der Waals surface area contributed by atoms with Gasteiger partial charge in [-0.1, -0.05) is 26.0 Å². The summed E-state index contributed by atoms with van der Waals surface area (Å²) in [5.74, 6) is 1.47. The number of nitrogens with zero attached hydrogens (tertiary/aromatic N) is 3. The first-order valence-corrected chi connectivity index (χ1v) is 10.2. The van der Waals surface area contributed by atoms with E-state index in [0.717, 1.165) is 42.5 Å². The molecule has 2 heterocycles. The number of fused-ring (bicyclic) bond motifs is 1. The van der Waals surface area contributed by atoms with Crippen LogP contribution >= 0.6 is 0 Å². The van der Waals surface area contributed by atoms with E-state index in [4.69, 9.17) is 0 Å². The molecular weight excluding hydrogens is 340 g/mol. The second kappa shape index (κ2) is 8.74. The van der Waals surface area contributed by atoms with Crippen molar-refractivity contribution < 1.29 is 4.79 Å². The topological polar surface area (TPSA) is 59.3 Å². The van der Waals surface area contributed by atoms with Crippen LogP contribution in [0, 0.1) is 11.8 Å². The van der Waals surface area contributed by atoms with Crippen LogP contribution in [0.25, 0.3) is 11.0 Å². The second-order valence-electron chi connectivity index (χ2n) is 7.97. The zero-order valence-corrected chi connectivity index (χ0v) is 16.8. The molecule has 2 atom stereocenters. The molecular formula is C21H32N4O2. The van der Waals surface area contributed by atoms with Crippen LogP contribution in [0.2, 0.25) is 0 Å². The molecule has 1 fully saturated rings. The molecule has 1 saturated heterocycles. The van der Waals surface area contributed by atoms with Gasteiger partial charge < -0.3 is 10.2 Å². The summed E-state index contributed by atoms with van der Waals surface area (Å²) in [6, 6.07) is 7.77. The summed E-state index contributed by atoms with van der Waals surface area (Å²) in [5, 5.41) is 3.02. The van der Waals surface area contributed by atoms with Crippen molar-refractivity contribution in [2.75, 3.05) is 26.2 Å². The normalized spacial score (nSPS) is 20.9. The fourth-order valence-electron chi connectivity index (χ4n) is 4.42. The molecule has 1 aromatic carbocycles. The monoisotopic (exact) mass is 372 g/mol. The Labute approximate surface area is 161 Å². The number of para-hydroxylation sites is 2. The van der Waals surface area contributed by atoms with Gasteiger partial charge in [0.2, 0.25) is 5.91 Å². The Bertz CT molecular complexity index is 828. The number of rotatable bonds is 7. The Hall–Kier alpha value is -2.08. The standard InChI is InChI=1S/C21H32N4O2/c1-4-24-18-7-5-6-8-19(18)25(21(24)27)11-9-20(26)22-10-12-23-14-16(2)13-17(3)15-23/h5-8,16-17H,4,9-15H2,1-3H3,(H,22,26). The predicted molar refractivity (Wildman–Crippen MR) is 109 cm³/mol. The Kier molecular flexibility index (Phi) is 6.37. The minimum absolute atomic E-state index is 0.00772. The van der Waals surface area contributed by atoms with Gasteiger partial charge in [0.25, 0.3) is 0 Å². The minimum atomic E-state index is -0.0391. The smallest absolute Gasteiger partial charge is 0.329 e. The van der Waals surface area contributed by atoms with Crippen molar-refractivity contribution in [2.24, 2.45) is 11.8 Å². The van der Waals surface area contributed by atoms with Crippen LogP contribution in [0.15, 0.2) is 29.1 Å². The molecule has 1 aliphatic heterocycles. The zero-order chi connectivity index (χ0) is 19.4. The van der Waals surface area contributed by atoms with Gasteiger partial charge in [0, 0.05) is 45.7 Å². The Balaban J connectivity index is 1.52. The molecule has 27 heavy (non-hydrogen) atoms. The predicted octanol–water partition coefficient (Wildman–Crippen LogP) is 2.31. The largest absolute Gasteiger partial charge is 0.355 e. The van der Waals surface area contributed by atoms with Crippen LogP contribution in [-0.4, -0.2) is 46.1 Å². The van der Waals surface area contributed by atoms with E-state index in [-0.39, 0.29) is 11.6 Å². The highest BCUT2D eigenvalue weighted by molar-refractivity contribution is 5.78. The first-order valence-electron chi connectivity index (χ1n) is 10.2. The van der Waals surface area contributed by atoms with E-state index in [1.54, 1.807) is 9.13 Å². The van der Waals surface area contributed by atoms with E-state index in [2.05, 4.69) is 24.1 Å². The summed E-state index contributed by atoms with van der Waals surface area (Å²) in [5.41, 5.74) is 1.79. The Morgan fingerprint density at radius 3 is 2.33 bits per heavy atom. The van der Waals surface area contributed by atoms with E-state index in [0.29, 0.717) is 26.1 Å². The van der Waals surface area contributed by atoms with Gasteiger partial charge in [-0.05, 0) is 37.3 Å². The number of likely N-dealkylation sites (tertiary alicyclic amines) is 1. The molecule has 1 amide bonds. The summed E-state index contributed by atoms with van der Waals surface area (Å²) < 4.78 is 3.47. The summed E-state index contributed by atoms with van der Waals surface area (Å²) in [6.45, 7) is 11.4. The lowest BCUT2D eigenvalue weighted by molar-refractivity contribution is -0.121. The van der Waals surface area contributed by atoms with Crippen molar-refractivity contribution >= 4 is 16.9 Å². The van der Waals surface area contributed by atoms with Gasteiger partial charge >= 0.3 is 5.69 Å². The number of hydrogen-bond acceptors (Lipinski definition) is 3. The summed E-state index contributed by atoms with van der Waals surface area (Å²) >= 11 is 0. The van der Waals surface area contributed by atoms with Crippen molar-refractivity contribution in [2.45, 2.75) is 46.7 Å². The fourth-order valence-corrected chi connectivity index (χ4v) is 4.42. The minimum Gasteiger partial charge on any atom is -0.355 e. The molecule has 0 bridgehead atoms. The average molecular weight is 373 g/mol. The first kappa shape index (κ1) is 19.7. The molecule has 2 aromatic rings. The van der Waals surface area contributed by atoms with Gasteiger partial charge in [-0.15, -0.1) is 0 Å². The molecule has 1 aromatic heterocycles. The molecule has 148 valence electrons. The van der Waals surface area contributed by atoms with Crippen molar-refractivity contribution in [3.8, 4) is 0 Å². The quantitative estimate of drug-likeness (QED) is 0.811. The highest BCUT2D eigenvalue weighted by atomic mass is 16.2. The van der Waals surface area contributed by atoms with Gasteiger partial charge in [-0.3, -0.25) is 13.9 Å². The number of nitrogens with one attached hydrogen (secondary N) is 1. The fraction of sp³-hybridized carbons (Fsp3) is 0.619. The maximum Gasteiger partial charge on any atom is 0.329 e. The lowest BCUT2D eigenvalue weighted by Gasteiger charge is -2.34. The van der Waals surface area contributed by atoms with Crippen LogP contribution in [0.5, 0.6) is 0 Å². The Morgan fingerprint density at radius 2 is 1.70 bits per heavy atom. The first-order chi connectivity index (χ1) is 13.0. The maximum atomic E-state index is 12.6. The molecule has 2 unspecified atom stereocenters. The van der Waals surface area contributed by atoms with Crippen LogP contribution in [0.3, 0.4) is 0 Å². The summed E-state index contributed by atoms with van der Waals surface area (Å²) in [7, 11) is 0. The van der Waals surface area contributed by atoms with Crippen LogP contribution < -0.4 is 11.0 Å². The van der Waals surface area contributed by atoms with Crippen molar-refractivity contribution in [1.29, 1.82) is 0 Å². The zero-order valence-electron chi connectivity index (χ0n) is 16.8. The van der Waals surface area contributed by atoms with Gasteiger partial charge in [-0.2, -0.15) is 0 Å². The third-order valence-corrected chi connectivity index (χ3v) is 5.50. The molecule has 0 spiro atoms. The molecule has 6 heteroatoms. The highest BCUT2D eigenvalue weighted by Gasteiger charge is 2.21. The van der Waals surface area contributed by atoms with Crippen molar-refractivity contribution in [1.82, 2.24) is 19.4 Å². The average Bonchev–Trinajstić information content (AvgIpc) is 2.90. The van der Waals surface area contributed by atoms with Crippen LogP contribution in [-0.2, 0) is 17.9 Å². The number of aryl methyl sites for hydroxylation is 2. The van der Waals surface area contributed by atoms with Crippen LogP contribution in [0.4, 0.5) is 0 Å². The number of amides is 1. The number of carbonyl (C=O) groups is 1. The van der Waals surface area contributed by atoms with E-state index in [9.17, 15) is 9.59 Å². The number of hydrogen-bond donors (Lipinski definition) is 1. The lowest BCUT2D eigenvalue weighted by atomic mass is 9.92. The molecule has 3 rings (SSSR count). The van der Waals surface area contributed by atoms with Gasteiger partial charge in [0.1, 0.15) is 0 Å². The Morgan fingerprint density at radius 1 is 1.07 bits per heavy atom. The number of piperidine rings is 1. The van der Waals surface area contributed by atoms with E-state index < -0.39 is 0 Å².